The Morgan fingerprint density at radius 1 is 1.50 bits per heavy atom. The van der Waals surface area contributed by atoms with Gasteiger partial charge in [-0.2, -0.15) is 11.8 Å². The summed E-state index contributed by atoms with van der Waals surface area (Å²) in [6, 6.07) is 1.72. The van der Waals surface area contributed by atoms with Crippen molar-refractivity contribution in [1.82, 2.24) is 9.88 Å². The second kappa shape index (κ2) is 5.38. The minimum Gasteiger partial charge on any atom is -0.337 e. The molecule has 86 valence electrons. The van der Waals surface area contributed by atoms with Gasteiger partial charge in [-0.05, 0) is 22.0 Å². The van der Waals surface area contributed by atoms with Gasteiger partial charge in [-0.1, -0.05) is 11.6 Å². The van der Waals surface area contributed by atoms with Crippen LogP contribution in [0.1, 0.15) is 10.4 Å². The Kier molecular flexibility index (Phi) is 4.10. The van der Waals surface area contributed by atoms with Gasteiger partial charge in [0.15, 0.2) is 0 Å². The van der Waals surface area contributed by atoms with E-state index in [1.807, 2.05) is 16.7 Å². The van der Waals surface area contributed by atoms with Gasteiger partial charge in [0.25, 0.3) is 5.91 Å². The number of rotatable bonds is 1. The lowest BCUT2D eigenvalue weighted by molar-refractivity contribution is 0.0772. The molecule has 3 nitrogen and oxygen atoms in total. The maximum atomic E-state index is 12.1. The lowest BCUT2D eigenvalue weighted by atomic mass is 10.2. The standard InChI is InChI=1S/C10H10BrClN2OS/c11-8-5-7(6-13-9(8)12)10(15)14-1-3-16-4-2-14/h5-6H,1-4H2. The summed E-state index contributed by atoms with van der Waals surface area (Å²) in [6.07, 6.45) is 1.52. The normalized spacial score (nSPS) is 16.2. The fraction of sp³-hybridized carbons (Fsp3) is 0.400. The summed E-state index contributed by atoms with van der Waals surface area (Å²) in [4.78, 5) is 17.9. The van der Waals surface area contributed by atoms with E-state index in [1.54, 1.807) is 6.07 Å². The molecule has 0 aliphatic carbocycles. The molecule has 0 bridgehead atoms. The van der Waals surface area contributed by atoms with Crippen LogP contribution in [0, 0.1) is 0 Å². The minimum atomic E-state index is 0.0326. The van der Waals surface area contributed by atoms with E-state index in [9.17, 15) is 4.79 Å². The van der Waals surface area contributed by atoms with E-state index >= 15 is 0 Å². The van der Waals surface area contributed by atoms with Gasteiger partial charge >= 0.3 is 0 Å². The third-order valence-corrected chi connectivity index (χ3v) is 4.42. The lowest BCUT2D eigenvalue weighted by Crippen LogP contribution is -2.37. The molecular formula is C10H10BrClN2OS. The molecule has 2 heterocycles. The fourth-order valence-electron chi connectivity index (χ4n) is 1.49. The average molecular weight is 322 g/mol. The van der Waals surface area contributed by atoms with Gasteiger partial charge in [-0.3, -0.25) is 4.79 Å². The molecule has 2 rings (SSSR count). The predicted molar refractivity (Wildman–Crippen MR) is 70.2 cm³/mol. The molecule has 0 radical (unpaired) electrons. The van der Waals surface area contributed by atoms with Crippen LogP contribution in [0.25, 0.3) is 0 Å². The maximum absolute atomic E-state index is 12.1. The quantitative estimate of drug-likeness (QED) is 0.746. The molecule has 1 aliphatic heterocycles. The highest BCUT2D eigenvalue weighted by Gasteiger charge is 2.19. The number of aromatic nitrogens is 1. The highest BCUT2D eigenvalue weighted by Crippen LogP contribution is 2.21. The molecule has 0 N–H and O–H groups in total. The van der Waals surface area contributed by atoms with Crippen molar-refractivity contribution in [1.29, 1.82) is 0 Å². The van der Waals surface area contributed by atoms with Gasteiger partial charge in [-0.15, -0.1) is 0 Å². The van der Waals surface area contributed by atoms with Crippen molar-refractivity contribution >= 4 is 45.2 Å². The average Bonchev–Trinajstić information content (AvgIpc) is 2.33. The molecule has 0 aromatic carbocycles. The molecule has 0 saturated carbocycles. The number of halogens is 2. The van der Waals surface area contributed by atoms with Gasteiger partial charge < -0.3 is 4.90 Å². The predicted octanol–water partition coefficient (Wildman–Crippen LogP) is 2.69. The van der Waals surface area contributed by atoms with Crippen LogP contribution in [0.2, 0.25) is 5.15 Å². The largest absolute Gasteiger partial charge is 0.337 e. The van der Waals surface area contributed by atoms with Crippen molar-refractivity contribution in [3.63, 3.8) is 0 Å². The van der Waals surface area contributed by atoms with Crippen LogP contribution < -0.4 is 0 Å². The number of amides is 1. The van der Waals surface area contributed by atoms with E-state index < -0.39 is 0 Å². The summed E-state index contributed by atoms with van der Waals surface area (Å²) in [5, 5.41) is 0.380. The van der Waals surface area contributed by atoms with Crippen LogP contribution in [0.5, 0.6) is 0 Å². The zero-order valence-electron chi connectivity index (χ0n) is 8.45. The molecule has 1 aliphatic rings. The number of pyridine rings is 1. The van der Waals surface area contributed by atoms with Crippen LogP contribution >= 0.6 is 39.3 Å². The van der Waals surface area contributed by atoms with Crippen molar-refractivity contribution in [3.05, 3.63) is 27.5 Å². The monoisotopic (exact) mass is 320 g/mol. The highest BCUT2D eigenvalue weighted by atomic mass is 79.9. The SMILES string of the molecule is O=C(c1cnc(Cl)c(Br)c1)N1CCSCC1. The van der Waals surface area contributed by atoms with Gasteiger partial charge in [0, 0.05) is 30.8 Å². The fourth-order valence-corrected chi connectivity index (χ4v) is 2.84. The van der Waals surface area contributed by atoms with E-state index in [-0.39, 0.29) is 5.91 Å². The topological polar surface area (TPSA) is 33.2 Å². The molecule has 1 saturated heterocycles. The molecule has 1 aromatic heterocycles. The summed E-state index contributed by atoms with van der Waals surface area (Å²) in [5.74, 6) is 2.05. The number of hydrogen-bond donors (Lipinski definition) is 0. The minimum absolute atomic E-state index is 0.0326. The zero-order chi connectivity index (χ0) is 11.5. The molecule has 1 fully saturated rings. The van der Waals surface area contributed by atoms with Crippen molar-refractivity contribution in [2.24, 2.45) is 0 Å². The number of carbonyl (C=O) groups is 1. The molecule has 1 aromatic rings. The van der Waals surface area contributed by atoms with Crippen LogP contribution in [0.15, 0.2) is 16.7 Å². The second-order valence-electron chi connectivity index (χ2n) is 3.40. The summed E-state index contributed by atoms with van der Waals surface area (Å²) >= 11 is 10.9. The molecule has 1 amide bonds. The van der Waals surface area contributed by atoms with Gasteiger partial charge in [0.05, 0.1) is 10.0 Å². The Morgan fingerprint density at radius 2 is 2.19 bits per heavy atom. The van der Waals surface area contributed by atoms with Crippen molar-refractivity contribution in [2.45, 2.75) is 0 Å². The summed E-state index contributed by atoms with van der Waals surface area (Å²) in [5.41, 5.74) is 0.586. The molecule has 6 heteroatoms. The third-order valence-electron chi connectivity index (χ3n) is 2.34. The van der Waals surface area contributed by atoms with Crippen LogP contribution in [0.4, 0.5) is 0 Å². The number of hydrogen-bond acceptors (Lipinski definition) is 3. The Bertz CT molecular complexity index is 410. The Morgan fingerprint density at radius 3 is 2.81 bits per heavy atom. The lowest BCUT2D eigenvalue weighted by Gasteiger charge is -2.26. The summed E-state index contributed by atoms with van der Waals surface area (Å²) in [6.45, 7) is 1.62. The van der Waals surface area contributed by atoms with Crippen LogP contribution in [-0.4, -0.2) is 40.4 Å². The maximum Gasteiger partial charge on any atom is 0.255 e. The van der Waals surface area contributed by atoms with E-state index in [2.05, 4.69) is 20.9 Å². The van der Waals surface area contributed by atoms with E-state index in [0.717, 1.165) is 24.6 Å². The first kappa shape index (κ1) is 12.2. The first-order valence-corrected chi connectivity index (χ1v) is 7.19. The van der Waals surface area contributed by atoms with Crippen molar-refractivity contribution in [3.8, 4) is 0 Å². The first-order chi connectivity index (χ1) is 7.68. The molecule has 0 unspecified atom stereocenters. The molecule has 0 atom stereocenters. The van der Waals surface area contributed by atoms with Crippen LogP contribution in [0.3, 0.4) is 0 Å². The van der Waals surface area contributed by atoms with Crippen molar-refractivity contribution < 1.29 is 4.79 Å². The molecule has 0 spiro atoms. The summed E-state index contributed by atoms with van der Waals surface area (Å²) < 4.78 is 0.659. The smallest absolute Gasteiger partial charge is 0.255 e. The Hall–Kier alpha value is -0.260. The molecule has 16 heavy (non-hydrogen) atoms. The van der Waals surface area contributed by atoms with Gasteiger partial charge in [0.2, 0.25) is 0 Å². The molecular weight excluding hydrogens is 312 g/mol. The van der Waals surface area contributed by atoms with Crippen molar-refractivity contribution in [2.75, 3.05) is 24.6 Å². The Balaban J connectivity index is 2.16. The number of nitrogens with zero attached hydrogens (tertiary/aromatic N) is 2. The third kappa shape index (κ3) is 2.70. The van der Waals surface area contributed by atoms with E-state index in [4.69, 9.17) is 11.6 Å². The zero-order valence-corrected chi connectivity index (χ0v) is 11.6. The highest BCUT2D eigenvalue weighted by molar-refractivity contribution is 9.10. The second-order valence-corrected chi connectivity index (χ2v) is 5.84. The first-order valence-electron chi connectivity index (χ1n) is 4.86. The van der Waals surface area contributed by atoms with Crippen LogP contribution in [-0.2, 0) is 0 Å². The summed E-state index contributed by atoms with van der Waals surface area (Å²) in [7, 11) is 0. The van der Waals surface area contributed by atoms with Gasteiger partial charge in [-0.25, -0.2) is 4.98 Å². The number of carbonyl (C=O) groups excluding carboxylic acids is 1. The Labute approximate surface area is 112 Å². The number of thioether (sulfide) groups is 1. The van der Waals surface area contributed by atoms with E-state index in [0.29, 0.717) is 15.2 Å². The van der Waals surface area contributed by atoms with E-state index in [1.165, 1.54) is 6.20 Å². The van der Waals surface area contributed by atoms with Gasteiger partial charge in [0.1, 0.15) is 5.15 Å².